The van der Waals surface area contributed by atoms with Gasteiger partial charge in [0.1, 0.15) is 17.5 Å². The fraction of sp³-hybridized carbons (Fsp3) is 0.250. The van der Waals surface area contributed by atoms with Crippen molar-refractivity contribution in [3.8, 4) is 0 Å². The van der Waals surface area contributed by atoms with Crippen LogP contribution in [0.3, 0.4) is 0 Å². The predicted molar refractivity (Wildman–Crippen MR) is 61.5 cm³/mol. The third-order valence-electron chi connectivity index (χ3n) is 2.81. The predicted octanol–water partition coefficient (Wildman–Crippen LogP) is 2.66. The summed E-state index contributed by atoms with van der Waals surface area (Å²) in [5.74, 6) is -0.768. The minimum absolute atomic E-state index is 0.0256. The highest BCUT2D eigenvalue weighted by Crippen LogP contribution is 2.26. The minimum Gasteiger partial charge on any atom is -0.384 e. The van der Waals surface area contributed by atoms with E-state index in [0.717, 1.165) is 5.56 Å². The lowest BCUT2D eigenvalue weighted by Gasteiger charge is -2.16. The lowest BCUT2D eigenvalue weighted by molar-refractivity contribution is 0.486. The summed E-state index contributed by atoms with van der Waals surface area (Å²) in [5.41, 5.74) is 6.56. The quantitative estimate of drug-likeness (QED) is 0.872. The van der Waals surface area contributed by atoms with Crippen LogP contribution in [0.2, 0.25) is 0 Å². The van der Waals surface area contributed by atoms with Crippen molar-refractivity contribution < 1.29 is 8.78 Å². The van der Waals surface area contributed by atoms with Crippen LogP contribution in [0.15, 0.2) is 24.4 Å². The third kappa shape index (κ3) is 1.88. The van der Waals surface area contributed by atoms with Crippen molar-refractivity contribution >= 4 is 5.82 Å². The molecule has 0 saturated carbocycles. The van der Waals surface area contributed by atoms with E-state index in [0.29, 0.717) is 5.82 Å². The molecule has 0 bridgehead atoms. The van der Waals surface area contributed by atoms with Gasteiger partial charge in [0.15, 0.2) is 0 Å². The van der Waals surface area contributed by atoms with Gasteiger partial charge in [0, 0.05) is 11.1 Å². The van der Waals surface area contributed by atoms with Gasteiger partial charge in [0.2, 0.25) is 0 Å². The van der Waals surface area contributed by atoms with Gasteiger partial charge < -0.3 is 5.73 Å². The van der Waals surface area contributed by atoms with Crippen molar-refractivity contribution in [3.05, 3.63) is 47.2 Å². The number of rotatable bonds is 2. The number of anilines is 1. The Morgan fingerprint density at radius 2 is 1.88 bits per heavy atom. The second-order valence-electron chi connectivity index (χ2n) is 3.97. The Balaban J connectivity index is 2.51. The maximum Gasteiger partial charge on any atom is 0.131 e. The number of nitrogens with two attached hydrogens (primary N) is 1. The number of aryl methyl sites for hydroxylation is 1. The lowest BCUT2D eigenvalue weighted by Crippen LogP contribution is -2.14. The Hall–Kier alpha value is -1.91. The van der Waals surface area contributed by atoms with E-state index in [2.05, 4.69) is 5.10 Å². The Labute approximate surface area is 97.9 Å². The highest BCUT2D eigenvalue weighted by Gasteiger charge is 2.20. The van der Waals surface area contributed by atoms with Gasteiger partial charge in [-0.15, -0.1) is 0 Å². The summed E-state index contributed by atoms with van der Waals surface area (Å²) in [7, 11) is 0. The normalized spacial score (nSPS) is 12.7. The van der Waals surface area contributed by atoms with Gasteiger partial charge in [-0.25, -0.2) is 13.5 Å². The van der Waals surface area contributed by atoms with Gasteiger partial charge in [-0.3, -0.25) is 0 Å². The summed E-state index contributed by atoms with van der Waals surface area (Å²) in [6.45, 7) is 3.45. The second-order valence-corrected chi connectivity index (χ2v) is 3.97. The van der Waals surface area contributed by atoms with E-state index >= 15 is 0 Å². The number of aromatic nitrogens is 2. The molecule has 0 amide bonds. The molecule has 2 rings (SSSR count). The number of hydrogen-bond acceptors (Lipinski definition) is 2. The van der Waals surface area contributed by atoms with Crippen LogP contribution in [0, 0.1) is 18.6 Å². The number of benzene rings is 1. The Bertz CT molecular complexity index is 528. The second kappa shape index (κ2) is 4.16. The fourth-order valence-electron chi connectivity index (χ4n) is 1.80. The van der Waals surface area contributed by atoms with Crippen LogP contribution in [-0.2, 0) is 0 Å². The molecule has 1 aromatic heterocycles. The smallest absolute Gasteiger partial charge is 0.131 e. The average Bonchev–Trinajstić information content (AvgIpc) is 2.59. The first-order chi connectivity index (χ1) is 8.02. The van der Waals surface area contributed by atoms with Crippen molar-refractivity contribution in [1.29, 1.82) is 0 Å². The molecule has 3 nitrogen and oxygen atoms in total. The van der Waals surface area contributed by atoms with Crippen LogP contribution in [0.1, 0.15) is 24.1 Å². The molecule has 5 heteroatoms. The highest BCUT2D eigenvalue weighted by atomic mass is 19.1. The standard InChI is InChI=1S/C12H13F2N3/c1-7-6-16-17(12(7)15)8(2)11-9(13)4-3-5-10(11)14/h3-6,8H,15H2,1-2H3. The summed E-state index contributed by atoms with van der Waals surface area (Å²) in [6, 6.07) is 3.20. The molecule has 17 heavy (non-hydrogen) atoms. The molecule has 0 aliphatic heterocycles. The van der Waals surface area contributed by atoms with E-state index in [9.17, 15) is 8.78 Å². The first-order valence-electron chi connectivity index (χ1n) is 5.26. The molecule has 0 spiro atoms. The number of nitrogen functional groups attached to an aromatic ring is 1. The van der Waals surface area contributed by atoms with E-state index in [1.165, 1.54) is 22.9 Å². The van der Waals surface area contributed by atoms with Crippen molar-refractivity contribution in [2.45, 2.75) is 19.9 Å². The Kier molecular flexibility index (Phi) is 2.83. The first kappa shape index (κ1) is 11.6. The SMILES string of the molecule is Cc1cnn(C(C)c2c(F)cccc2F)c1N. The molecule has 90 valence electrons. The molecule has 1 aromatic carbocycles. The highest BCUT2D eigenvalue weighted by molar-refractivity contribution is 5.39. The van der Waals surface area contributed by atoms with Crippen LogP contribution in [0.5, 0.6) is 0 Å². The van der Waals surface area contributed by atoms with Gasteiger partial charge in [-0.05, 0) is 26.0 Å². The molecule has 1 heterocycles. The van der Waals surface area contributed by atoms with Gasteiger partial charge in [-0.1, -0.05) is 6.07 Å². The van der Waals surface area contributed by atoms with E-state index in [-0.39, 0.29) is 5.56 Å². The zero-order valence-electron chi connectivity index (χ0n) is 9.61. The largest absolute Gasteiger partial charge is 0.384 e. The van der Waals surface area contributed by atoms with Gasteiger partial charge in [-0.2, -0.15) is 5.10 Å². The maximum absolute atomic E-state index is 13.6. The molecular weight excluding hydrogens is 224 g/mol. The molecule has 0 fully saturated rings. The average molecular weight is 237 g/mol. The summed E-state index contributed by atoms with van der Waals surface area (Å²) >= 11 is 0. The van der Waals surface area contributed by atoms with E-state index in [4.69, 9.17) is 5.73 Å². The molecular formula is C12H13F2N3. The number of nitrogens with zero attached hydrogens (tertiary/aromatic N) is 2. The number of halogens is 2. The third-order valence-corrected chi connectivity index (χ3v) is 2.81. The summed E-state index contributed by atoms with van der Waals surface area (Å²) < 4.78 is 28.6. The molecule has 2 aromatic rings. The van der Waals surface area contributed by atoms with E-state index in [1.54, 1.807) is 20.0 Å². The van der Waals surface area contributed by atoms with Gasteiger partial charge in [0.05, 0.1) is 12.2 Å². The van der Waals surface area contributed by atoms with Crippen molar-refractivity contribution in [2.24, 2.45) is 0 Å². The van der Waals surface area contributed by atoms with Crippen LogP contribution in [-0.4, -0.2) is 9.78 Å². The monoisotopic (exact) mass is 237 g/mol. The van der Waals surface area contributed by atoms with Crippen molar-refractivity contribution in [2.75, 3.05) is 5.73 Å². The first-order valence-corrected chi connectivity index (χ1v) is 5.26. The van der Waals surface area contributed by atoms with E-state index < -0.39 is 17.7 Å². The van der Waals surface area contributed by atoms with Gasteiger partial charge in [0.25, 0.3) is 0 Å². The van der Waals surface area contributed by atoms with E-state index in [1.807, 2.05) is 0 Å². The molecule has 0 radical (unpaired) electrons. The van der Waals surface area contributed by atoms with Crippen LogP contribution in [0.4, 0.5) is 14.6 Å². The topological polar surface area (TPSA) is 43.8 Å². The summed E-state index contributed by atoms with van der Waals surface area (Å²) in [6.07, 6.45) is 1.57. The summed E-state index contributed by atoms with van der Waals surface area (Å²) in [5, 5.41) is 4.03. The maximum atomic E-state index is 13.6. The van der Waals surface area contributed by atoms with Crippen molar-refractivity contribution in [1.82, 2.24) is 9.78 Å². The molecule has 1 unspecified atom stereocenters. The number of hydrogen-bond donors (Lipinski definition) is 1. The lowest BCUT2D eigenvalue weighted by atomic mass is 10.1. The molecule has 2 N–H and O–H groups in total. The zero-order chi connectivity index (χ0) is 12.6. The molecule has 0 aliphatic carbocycles. The van der Waals surface area contributed by atoms with Crippen LogP contribution >= 0.6 is 0 Å². The Morgan fingerprint density at radius 3 is 2.35 bits per heavy atom. The Morgan fingerprint density at radius 1 is 1.29 bits per heavy atom. The van der Waals surface area contributed by atoms with Crippen LogP contribution < -0.4 is 5.73 Å². The molecule has 1 atom stereocenters. The van der Waals surface area contributed by atoms with Crippen molar-refractivity contribution in [3.63, 3.8) is 0 Å². The minimum atomic E-state index is -0.593. The molecule has 0 aliphatic rings. The fourth-order valence-corrected chi connectivity index (χ4v) is 1.80. The summed E-state index contributed by atoms with van der Waals surface area (Å²) in [4.78, 5) is 0. The molecule has 0 saturated heterocycles. The zero-order valence-corrected chi connectivity index (χ0v) is 9.61. The van der Waals surface area contributed by atoms with Gasteiger partial charge >= 0.3 is 0 Å². The van der Waals surface area contributed by atoms with Crippen LogP contribution in [0.25, 0.3) is 0 Å².